The molecule has 1 atom stereocenters. The molecule has 0 saturated carbocycles. The summed E-state index contributed by atoms with van der Waals surface area (Å²) in [6.07, 6.45) is -0.0479. The summed E-state index contributed by atoms with van der Waals surface area (Å²) >= 11 is 0. The number of cyclic esters (lactones) is 1. The molecule has 2 fully saturated rings. The minimum Gasteiger partial charge on any atom is -0.467 e. The molecule has 0 N–H and O–H groups in total. The molecule has 11 heteroatoms. The second-order valence-corrected chi connectivity index (χ2v) is 7.80. The summed E-state index contributed by atoms with van der Waals surface area (Å²) in [7, 11) is 1.22. The summed E-state index contributed by atoms with van der Waals surface area (Å²) in [5, 5.41) is 0. The van der Waals surface area contributed by atoms with Crippen molar-refractivity contribution in [2.24, 2.45) is 0 Å². The van der Waals surface area contributed by atoms with E-state index in [4.69, 9.17) is 9.47 Å². The summed E-state index contributed by atoms with van der Waals surface area (Å²) in [5.41, 5.74) is -1.18. The lowest BCUT2D eigenvalue weighted by Crippen LogP contribution is -2.52. The molecule has 1 aromatic rings. The lowest BCUT2D eigenvalue weighted by atomic mass is 9.98. The number of hydrogen-bond acceptors (Lipinski definition) is 6. The van der Waals surface area contributed by atoms with E-state index in [-0.39, 0.29) is 38.8 Å². The van der Waals surface area contributed by atoms with Gasteiger partial charge in [0.2, 0.25) is 0 Å². The van der Waals surface area contributed by atoms with Crippen molar-refractivity contribution in [3.05, 3.63) is 34.9 Å². The molecule has 0 aromatic heterocycles. The summed E-state index contributed by atoms with van der Waals surface area (Å²) < 4.78 is 39.0. The second kappa shape index (κ2) is 10.1. The predicted octanol–water partition coefficient (Wildman–Crippen LogP) is 2.05. The first-order chi connectivity index (χ1) is 15.7. The molecular formula is C22H27F2N3O6. The van der Waals surface area contributed by atoms with Crippen LogP contribution in [-0.4, -0.2) is 90.6 Å². The van der Waals surface area contributed by atoms with Gasteiger partial charge in [-0.3, -0.25) is 14.5 Å². The van der Waals surface area contributed by atoms with E-state index in [9.17, 15) is 28.0 Å². The fourth-order valence-corrected chi connectivity index (χ4v) is 4.30. The molecule has 0 spiro atoms. The summed E-state index contributed by atoms with van der Waals surface area (Å²) in [6.45, 7) is 4.09. The number of carbonyl (C=O) groups excluding carboxylic acids is 4. The highest BCUT2D eigenvalue weighted by Gasteiger charge is 2.44. The van der Waals surface area contributed by atoms with Crippen LogP contribution in [0, 0.1) is 11.6 Å². The van der Waals surface area contributed by atoms with Gasteiger partial charge in [-0.25, -0.2) is 18.4 Å². The number of rotatable bonds is 6. The Morgan fingerprint density at radius 1 is 1.09 bits per heavy atom. The number of ether oxygens (including phenoxy) is 2. The van der Waals surface area contributed by atoms with Crippen molar-refractivity contribution in [3.8, 4) is 0 Å². The Balaban J connectivity index is 1.80. The van der Waals surface area contributed by atoms with E-state index in [0.29, 0.717) is 12.8 Å². The van der Waals surface area contributed by atoms with Crippen LogP contribution in [-0.2, 0) is 14.3 Å². The molecule has 2 aliphatic rings. The lowest BCUT2D eigenvalue weighted by Gasteiger charge is -2.37. The monoisotopic (exact) mass is 467 g/mol. The SMILES string of the molecule is CCN(CC)C(=O)c1c(F)ccc(F)c1C(=O)N1CCC(N2C(=O)OCC2C(=O)OC)CC1. The van der Waals surface area contributed by atoms with E-state index in [1.807, 2.05) is 0 Å². The normalized spacial score (nSPS) is 18.8. The molecule has 9 nitrogen and oxygen atoms in total. The zero-order valence-electron chi connectivity index (χ0n) is 18.8. The molecule has 0 aliphatic carbocycles. The quantitative estimate of drug-likeness (QED) is 0.594. The van der Waals surface area contributed by atoms with Gasteiger partial charge < -0.3 is 19.3 Å². The maximum atomic E-state index is 14.7. The molecule has 1 unspecified atom stereocenters. The number of likely N-dealkylation sites (tertiary alicyclic amines) is 1. The second-order valence-electron chi connectivity index (χ2n) is 7.80. The number of piperidine rings is 1. The van der Waals surface area contributed by atoms with Crippen molar-refractivity contribution in [1.29, 1.82) is 0 Å². The molecule has 1 aromatic carbocycles. The summed E-state index contributed by atoms with van der Waals surface area (Å²) in [6, 6.07) is 0.410. The van der Waals surface area contributed by atoms with E-state index >= 15 is 0 Å². The molecule has 0 bridgehead atoms. The van der Waals surface area contributed by atoms with Crippen molar-refractivity contribution in [3.63, 3.8) is 0 Å². The van der Waals surface area contributed by atoms with Gasteiger partial charge in [0.15, 0.2) is 6.04 Å². The van der Waals surface area contributed by atoms with Gasteiger partial charge in [-0.2, -0.15) is 0 Å². The maximum Gasteiger partial charge on any atom is 0.410 e. The van der Waals surface area contributed by atoms with E-state index in [0.717, 1.165) is 12.1 Å². The molecule has 3 rings (SSSR count). The van der Waals surface area contributed by atoms with Crippen LogP contribution in [0.5, 0.6) is 0 Å². The van der Waals surface area contributed by atoms with Crippen LogP contribution in [0.4, 0.5) is 13.6 Å². The zero-order valence-corrected chi connectivity index (χ0v) is 18.8. The van der Waals surface area contributed by atoms with Crippen LogP contribution in [0.2, 0.25) is 0 Å². The Morgan fingerprint density at radius 3 is 2.21 bits per heavy atom. The number of amides is 3. The van der Waals surface area contributed by atoms with E-state index in [2.05, 4.69) is 0 Å². The highest BCUT2D eigenvalue weighted by atomic mass is 19.1. The zero-order chi connectivity index (χ0) is 24.3. The standard InChI is InChI=1S/C22H27F2N3O6/c1-4-25(5-2)19(28)17-14(23)6-7-15(24)18(17)20(29)26-10-8-13(9-11-26)27-16(21(30)32-3)12-33-22(27)31/h6-7,13,16H,4-5,8-12H2,1-3H3. The Bertz CT molecular complexity index is 944. The Hall–Kier alpha value is -3.24. The molecular weight excluding hydrogens is 440 g/mol. The van der Waals surface area contributed by atoms with Gasteiger partial charge >= 0.3 is 12.1 Å². The van der Waals surface area contributed by atoms with Gasteiger partial charge in [0, 0.05) is 32.2 Å². The number of esters is 1. The topological polar surface area (TPSA) is 96.5 Å². The Morgan fingerprint density at radius 2 is 1.67 bits per heavy atom. The van der Waals surface area contributed by atoms with E-state index in [1.54, 1.807) is 13.8 Å². The summed E-state index contributed by atoms with van der Waals surface area (Å²) in [4.78, 5) is 54.1. The lowest BCUT2D eigenvalue weighted by molar-refractivity contribution is -0.146. The number of nitrogens with zero attached hydrogens (tertiary/aromatic N) is 3. The number of carbonyl (C=O) groups is 4. The molecule has 2 heterocycles. The summed E-state index contributed by atoms with van der Waals surface area (Å²) in [5.74, 6) is -4.09. The maximum absolute atomic E-state index is 14.7. The van der Waals surface area contributed by atoms with Gasteiger partial charge in [-0.1, -0.05) is 0 Å². The largest absolute Gasteiger partial charge is 0.467 e. The third kappa shape index (κ3) is 4.62. The van der Waals surface area contributed by atoms with Crippen LogP contribution >= 0.6 is 0 Å². The fraction of sp³-hybridized carbons (Fsp3) is 0.545. The van der Waals surface area contributed by atoms with Crippen LogP contribution in [0.3, 0.4) is 0 Å². The van der Waals surface area contributed by atoms with Gasteiger partial charge in [0.25, 0.3) is 11.8 Å². The van der Waals surface area contributed by atoms with Gasteiger partial charge in [0.1, 0.15) is 18.2 Å². The average Bonchev–Trinajstić information content (AvgIpc) is 3.21. The molecule has 0 radical (unpaired) electrons. The smallest absolute Gasteiger partial charge is 0.410 e. The third-order valence-electron chi connectivity index (χ3n) is 6.11. The average molecular weight is 467 g/mol. The minimum atomic E-state index is -0.979. The number of methoxy groups -OCH3 is 1. The van der Waals surface area contributed by atoms with Gasteiger partial charge in [-0.15, -0.1) is 0 Å². The van der Waals surface area contributed by atoms with Crippen molar-refractivity contribution in [1.82, 2.24) is 14.7 Å². The first-order valence-corrected chi connectivity index (χ1v) is 10.8. The molecule has 2 aliphatic heterocycles. The van der Waals surface area contributed by atoms with Crippen molar-refractivity contribution in [2.45, 2.75) is 38.8 Å². The number of hydrogen-bond donors (Lipinski definition) is 0. The number of halogens is 2. The first kappa shape index (κ1) is 24.4. The van der Waals surface area contributed by atoms with Crippen molar-refractivity contribution >= 4 is 23.9 Å². The predicted molar refractivity (Wildman–Crippen MR) is 112 cm³/mol. The van der Waals surface area contributed by atoms with E-state index < -0.39 is 52.7 Å². The first-order valence-electron chi connectivity index (χ1n) is 10.8. The Kier molecular flexibility index (Phi) is 7.50. The van der Waals surface area contributed by atoms with Crippen molar-refractivity contribution < 1.29 is 37.4 Å². The van der Waals surface area contributed by atoms with Crippen LogP contribution in [0.15, 0.2) is 12.1 Å². The molecule has 180 valence electrons. The van der Waals surface area contributed by atoms with Crippen LogP contribution in [0.1, 0.15) is 47.4 Å². The fourth-order valence-electron chi connectivity index (χ4n) is 4.30. The van der Waals surface area contributed by atoms with Gasteiger partial charge in [0.05, 0.1) is 18.2 Å². The highest BCUT2D eigenvalue weighted by molar-refractivity contribution is 6.07. The molecule has 3 amide bonds. The van der Waals surface area contributed by atoms with Crippen molar-refractivity contribution in [2.75, 3.05) is 39.9 Å². The number of benzene rings is 1. The van der Waals surface area contributed by atoms with Crippen LogP contribution < -0.4 is 0 Å². The highest BCUT2D eigenvalue weighted by Crippen LogP contribution is 2.27. The third-order valence-corrected chi connectivity index (χ3v) is 6.11. The molecule has 2 saturated heterocycles. The Labute approximate surface area is 190 Å². The molecule has 33 heavy (non-hydrogen) atoms. The van der Waals surface area contributed by atoms with Crippen LogP contribution in [0.25, 0.3) is 0 Å². The van der Waals surface area contributed by atoms with Gasteiger partial charge in [-0.05, 0) is 38.8 Å². The minimum absolute atomic E-state index is 0.115. The van der Waals surface area contributed by atoms with E-state index in [1.165, 1.54) is 21.8 Å².